The Morgan fingerprint density at radius 2 is 2.00 bits per heavy atom. The molecule has 2 aromatic rings. The zero-order valence-corrected chi connectivity index (χ0v) is 16.7. The van der Waals surface area contributed by atoms with Gasteiger partial charge in [-0.15, -0.1) is 10.2 Å². The van der Waals surface area contributed by atoms with Gasteiger partial charge in [0.25, 0.3) is 0 Å². The summed E-state index contributed by atoms with van der Waals surface area (Å²) in [6, 6.07) is 7.84. The summed E-state index contributed by atoms with van der Waals surface area (Å²) < 4.78 is 8.12. The summed E-state index contributed by atoms with van der Waals surface area (Å²) in [5, 5.41) is 12.1. The van der Waals surface area contributed by atoms with E-state index in [1.54, 1.807) is 0 Å². The molecule has 0 atom stereocenters. The standard InChI is InChI=1S/C21H29N5O2/c1-15(2)28-18-6-4-3-5-17(18)13-20(27)25-10-7-16(8-11-25)21-24-23-19-14-22-9-12-26(19)21/h3-6,15-16,22H,7-14H2,1-2H3. The van der Waals surface area contributed by atoms with Crippen molar-refractivity contribution in [2.45, 2.75) is 58.2 Å². The summed E-state index contributed by atoms with van der Waals surface area (Å²) in [6.07, 6.45) is 2.37. The highest BCUT2D eigenvalue weighted by Gasteiger charge is 2.29. The van der Waals surface area contributed by atoms with E-state index in [0.717, 1.165) is 68.5 Å². The lowest BCUT2D eigenvalue weighted by molar-refractivity contribution is -0.131. The number of fused-ring (bicyclic) bond motifs is 1. The fourth-order valence-electron chi connectivity index (χ4n) is 4.10. The lowest BCUT2D eigenvalue weighted by Crippen LogP contribution is -2.39. The van der Waals surface area contributed by atoms with Crippen molar-refractivity contribution in [3.05, 3.63) is 41.5 Å². The van der Waals surface area contributed by atoms with Crippen LogP contribution in [0.5, 0.6) is 5.75 Å². The number of nitrogens with zero attached hydrogens (tertiary/aromatic N) is 4. The Labute approximate surface area is 166 Å². The second kappa shape index (κ2) is 8.31. The Morgan fingerprint density at radius 1 is 1.21 bits per heavy atom. The van der Waals surface area contributed by atoms with Gasteiger partial charge in [-0.3, -0.25) is 4.79 Å². The number of hydrogen-bond acceptors (Lipinski definition) is 5. The van der Waals surface area contributed by atoms with Gasteiger partial charge in [-0.2, -0.15) is 0 Å². The highest BCUT2D eigenvalue weighted by atomic mass is 16.5. The summed E-state index contributed by atoms with van der Waals surface area (Å²) in [5.74, 6) is 3.50. The number of hydrogen-bond donors (Lipinski definition) is 1. The van der Waals surface area contributed by atoms with Gasteiger partial charge < -0.3 is 19.5 Å². The molecule has 0 unspecified atom stereocenters. The number of para-hydroxylation sites is 1. The maximum Gasteiger partial charge on any atom is 0.227 e. The monoisotopic (exact) mass is 383 g/mol. The zero-order chi connectivity index (χ0) is 19.5. The third-order valence-electron chi connectivity index (χ3n) is 5.54. The van der Waals surface area contributed by atoms with Crippen LogP contribution in [0.1, 0.15) is 49.8 Å². The Morgan fingerprint density at radius 3 is 2.79 bits per heavy atom. The molecule has 7 heteroatoms. The molecule has 2 aliphatic rings. The summed E-state index contributed by atoms with van der Waals surface area (Å²) in [4.78, 5) is 14.8. The molecule has 1 fully saturated rings. The molecule has 1 aromatic heterocycles. The maximum atomic E-state index is 12.9. The first-order valence-electron chi connectivity index (χ1n) is 10.3. The van der Waals surface area contributed by atoms with Crippen LogP contribution in [0.25, 0.3) is 0 Å². The third-order valence-corrected chi connectivity index (χ3v) is 5.54. The number of piperidine rings is 1. The number of rotatable bonds is 5. The lowest BCUT2D eigenvalue weighted by atomic mass is 9.95. The smallest absolute Gasteiger partial charge is 0.227 e. The molecule has 4 rings (SSSR count). The van der Waals surface area contributed by atoms with E-state index in [1.165, 1.54) is 0 Å². The number of carbonyl (C=O) groups is 1. The number of nitrogens with one attached hydrogen (secondary N) is 1. The second-order valence-corrected chi connectivity index (χ2v) is 7.91. The normalized spacial score (nSPS) is 17.6. The predicted molar refractivity (Wildman–Crippen MR) is 106 cm³/mol. The predicted octanol–water partition coefficient (Wildman–Crippen LogP) is 2.12. The van der Waals surface area contributed by atoms with E-state index in [-0.39, 0.29) is 12.0 Å². The van der Waals surface area contributed by atoms with Crippen molar-refractivity contribution in [1.29, 1.82) is 0 Å². The van der Waals surface area contributed by atoms with Crippen molar-refractivity contribution in [3.8, 4) is 5.75 Å². The van der Waals surface area contributed by atoms with E-state index in [9.17, 15) is 4.79 Å². The van der Waals surface area contributed by atoms with E-state index in [1.807, 2.05) is 43.0 Å². The molecule has 0 spiro atoms. The summed E-state index contributed by atoms with van der Waals surface area (Å²) in [7, 11) is 0. The average Bonchev–Trinajstić information content (AvgIpc) is 3.13. The van der Waals surface area contributed by atoms with Gasteiger partial charge in [0, 0.05) is 37.7 Å². The number of aromatic nitrogens is 3. The van der Waals surface area contributed by atoms with Gasteiger partial charge in [-0.05, 0) is 32.8 Å². The van der Waals surface area contributed by atoms with E-state index < -0.39 is 0 Å². The molecule has 3 heterocycles. The molecule has 150 valence electrons. The molecule has 1 amide bonds. The topological polar surface area (TPSA) is 72.3 Å². The van der Waals surface area contributed by atoms with Crippen LogP contribution in [0.15, 0.2) is 24.3 Å². The van der Waals surface area contributed by atoms with Crippen molar-refractivity contribution >= 4 is 5.91 Å². The van der Waals surface area contributed by atoms with Gasteiger partial charge in [0.05, 0.1) is 19.1 Å². The van der Waals surface area contributed by atoms with Crippen molar-refractivity contribution in [2.75, 3.05) is 19.6 Å². The Kier molecular flexibility index (Phi) is 5.62. The molecule has 0 bridgehead atoms. The molecule has 0 saturated carbocycles. The van der Waals surface area contributed by atoms with Gasteiger partial charge in [-0.25, -0.2) is 0 Å². The Balaban J connectivity index is 1.37. The minimum absolute atomic E-state index is 0.0938. The highest BCUT2D eigenvalue weighted by molar-refractivity contribution is 5.79. The molecular formula is C21H29N5O2. The van der Waals surface area contributed by atoms with Gasteiger partial charge in [0.1, 0.15) is 17.4 Å². The van der Waals surface area contributed by atoms with Crippen LogP contribution in [0.4, 0.5) is 0 Å². The summed E-state index contributed by atoms with van der Waals surface area (Å²) in [6.45, 7) is 8.25. The number of ether oxygens (including phenoxy) is 1. The Bertz CT molecular complexity index is 824. The quantitative estimate of drug-likeness (QED) is 0.856. The van der Waals surface area contributed by atoms with Crippen LogP contribution in [-0.4, -0.2) is 51.3 Å². The largest absolute Gasteiger partial charge is 0.491 e. The van der Waals surface area contributed by atoms with Gasteiger partial charge >= 0.3 is 0 Å². The summed E-state index contributed by atoms with van der Waals surface area (Å²) in [5.41, 5.74) is 0.961. The van der Waals surface area contributed by atoms with Gasteiger partial charge in [-0.1, -0.05) is 18.2 Å². The van der Waals surface area contributed by atoms with Crippen LogP contribution in [0, 0.1) is 0 Å². The van der Waals surface area contributed by atoms with E-state index >= 15 is 0 Å². The first kappa shape index (κ1) is 18.9. The van der Waals surface area contributed by atoms with E-state index in [2.05, 4.69) is 20.1 Å². The van der Waals surface area contributed by atoms with Crippen molar-refractivity contribution in [2.24, 2.45) is 0 Å². The molecule has 2 aliphatic heterocycles. The zero-order valence-electron chi connectivity index (χ0n) is 16.7. The fraction of sp³-hybridized carbons (Fsp3) is 0.571. The van der Waals surface area contributed by atoms with E-state index in [4.69, 9.17) is 4.74 Å². The minimum Gasteiger partial charge on any atom is -0.491 e. The molecule has 1 saturated heterocycles. The SMILES string of the molecule is CC(C)Oc1ccccc1CC(=O)N1CCC(c2nnc3n2CCNC3)CC1. The van der Waals surface area contributed by atoms with Crippen molar-refractivity contribution in [3.63, 3.8) is 0 Å². The van der Waals surface area contributed by atoms with Crippen molar-refractivity contribution in [1.82, 2.24) is 25.0 Å². The molecule has 0 aliphatic carbocycles. The number of carbonyl (C=O) groups excluding carboxylic acids is 1. The van der Waals surface area contributed by atoms with Gasteiger partial charge in [0.2, 0.25) is 5.91 Å². The minimum atomic E-state index is 0.0938. The summed E-state index contributed by atoms with van der Waals surface area (Å²) >= 11 is 0. The molecule has 0 radical (unpaired) electrons. The van der Waals surface area contributed by atoms with Crippen LogP contribution >= 0.6 is 0 Å². The molecule has 7 nitrogen and oxygen atoms in total. The Hall–Kier alpha value is -2.41. The lowest BCUT2D eigenvalue weighted by Gasteiger charge is -2.32. The first-order valence-corrected chi connectivity index (χ1v) is 10.3. The second-order valence-electron chi connectivity index (χ2n) is 7.91. The molecular weight excluding hydrogens is 354 g/mol. The number of likely N-dealkylation sites (tertiary alicyclic amines) is 1. The number of benzene rings is 1. The molecule has 28 heavy (non-hydrogen) atoms. The van der Waals surface area contributed by atoms with Crippen LogP contribution in [-0.2, 0) is 24.3 Å². The van der Waals surface area contributed by atoms with Crippen LogP contribution in [0.2, 0.25) is 0 Å². The molecule has 1 aromatic carbocycles. The maximum absolute atomic E-state index is 12.9. The first-order chi connectivity index (χ1) is 13.6. The van der Waals surface area contributed by atoms with Crippen LogP contribution < -0.4 is 10.1 Å². The van der Waals surface area contributed by atoms with Crippen LogP contribution in [0.3, 0.4) is 0 Å². The average molecular weight is 383 g/mol. The van der Waals surface area contributed by atoms with Gasteiger partial charge in [0.15, 0.2) is 0 Å². The van der Waals surface area contributed by atoms with E-state index in [0.29, 0.717) is 12.3 Å². The number of amides is 1. The molecule has 1 N–H and O–H groups in total. The fourth-order valence-corrected chi connectivity index (χ4v) is 4.10. The highest BCUT2D eigenvalue weighted by Crippen LogP contribution is 2.29. The third kappa shape index (κ3) is 4.04. The van der Waals surface area contributed by atoms with Crippen molar-refractivity contribution < 1.29 is 9.53 Å².